The monoisotopic (exact) mass is 277 g/mol. The van der Waals surface area contributed by atoms with Crippen molar-refractivity contribution in [3.63, 3.8) is 0 Å². The Balaban J connectivity index is 2.66. The zero-order valence-corrected chi connectivity index (χ0v) is 11.2. The number of carbonyl (C=O) groups is 2. The SMILES string of the molecule is CN(CC(F)F)C(=O)CC1(CC(=O)O)CCCCC1. The minimum absolute atomic E-state index is 0.0543. The number of aliphatic carboxylic acids is 1. The smallest absolute Gasteiger partial charge is 0.303 e. The molecule has 0 aromatic heterocycles. The van der Waals surface area contributed by atoms with Gasteiger partial charge in [0.1, 0.15) is 0 Å². The number of halogens is 2. The Morgan fingerprint density at radius 3 is 2.26 bits per heavy atom. The third kappa shape index (κ3) is 5.12. The van der Waals surface area contributed by atoms with Crippen molar-refractivity contribution in [3.05, 3.63) is 0 Å². The van der Waals surface area contributed by atoms with Crippen LogP contribution in [-0.4, -0.2) is 41.9 Å². The number of amides is 1. The lowest BCUT2D eigenvalue weighted by Gasteiger charge is -2.36. The molecule has 0 atom stereocenters. The summed E-state index contributed by atoms with van der Waals surface area (Å²) in [5.74, 6) is -1.31. The standard InChI is InChI=1S/C13H21F2NO3/c1-16(9-10(14)15)11(17)7-13(8-12(18)19)5-3-2-4-6-13/h10H,2-9H2,1H3,(H,18,19). The lowest BCUT2D eigenvalue weighted by molar-refractivity contribution is -0.142. The minimum Gasteiger partial charge on any atom is -0.481 e. The molecule has 1 saturated carbocycles. The first-order valence-corrected chi connectivity index (χ1v) is 6.58. The zero-order valence-electron chi connectivity index (χ0n) is 11.2. The molecule has 0 aliphatic heterocycles. The number of alkyl halides is 2. The molecule has 1 fully saturated rings. The van der Waals surface area contributed by atoms with E-state index in [2.05, 4.69) is 0 Å². The van der Waals surface area contributed by atoms with Crippen LogP contribution in [-0.2, 0) is 9.59 Å². The Labute approximate surface area is 111 Å². The Kier molecular flexibility index (Phi) is 5.69. The van der Waals surface area contributed by atoms with Gasteiger partial charge in [-0.2, -0.15) is 0 Å². The average molecular weight is 277 g/mol. The zero-order chi connectivity index (χ0) is 14.5. The van der Waals surface area contributed by atoms with Crippen LogP contribution >= 0.6 is 0 Å². The topological polar surface area (TPSA) is 57.6 Å². The Bertz CT molecular complexity index is 328. The van der Waals surface area contributed by atoms with Gasteiger partial charge in [-0.3, -0.25) is 9.59 Å². The van der Waals surface area contributed by atoms with Crippen LogP contribution in [0.25, 0.3) is 0 Å². The molecule has 0 aromatic rings. The predicted octanol–water partition coefficient (Wildman–Crippen LogP) is 2.53. The van der Waals surface area contributed by atoms with E-state index in [4.69, 9.17) is 5.11 Å². The van der Waals surface area contributed by atoms with Gasteiger partial charge >= 0.3 is 5.97 Å². The van der Waals surface area contributed by atoms with Gasteiger partial charge in [0.2, 0.25) is 5.91 Å². The van der Waals surface area contributed by atoms with Crippen LogP contribution in [0, 0.1) is 5.41 Å². The predicted molar refractivity (Wildman–Crippen MR) is 66.0 cm³/mol. The van der Waals surface area contributed by atoms with Crippen molar-refractivity contribution in [2.75, 3.05) is 13.6 Å². The lowest BCUT2D eigenvalue weighted by atomic mass is 9.69. The highest BCUT2D eigenvalue weighted by atomic mass is 19.3. The molecule has 1 rings (SSSR count). The molecule has 1 aliphatic carbocycles. The highest BCUT2D eigenvalue weighted by Crippen LogP contribution is 2.42. The fourth-order valence-corrected chi connectivity index (χ4v) is 2.80. The molecule has 0 radical (unpaired) electrons. The number of hydrogen-bond donors (Lipinski definition) is 1. The molecule has 0 bridgehead atoms. The summed E-state index contributed by atoms with van der Waals surface area (Å²) in [4.78, 5) is 23.9. The van der Waals surface area contributed by atoms with E-state index in [1.165, 1.54) is 7.05 Å². The van der Waals surface area contributed by atoms with E-state index in [0.717, 1.165) is 24.2 Å². The van der Waals surface area contributed by atoms with Crippen molar-refractivity contribution in [1.29, 1.82) is 0 Å². The molecule has 1 aliphatic rings. The highest BCUT2D eigenvalue weighted by molar-refractivity contribution is 5.78. The number of carboxylic acids is 1. The van der Waals surface area contributed by atoms with Crippen LogP contribution in [0.1, 0.15) is 44.9 Å². The van der Waals surface area contributed by atoms with Crippen molar-refractivity contribution in [3.8, 4) is 0 Å². The third-order valence-electron chi connectivity index (χ3n) is 3.80. The van der Waals surface area contributed by atoms with Crippen molar-refractivity contribution >= 4 is 11.9 Å². The molecule has 0 saturated heterocycles. The molecule has 4 nitrogen and oxygen atoms in total. The molecule has 1 amide bonds. The highest BCUT2D eigenvalue weighted by Gasteiger charge is 2.37. The summed E-state index contributed by atoms with van der Waals surface area (Å²) < 4.78 is 24.5. The second kappa shape index (κ2) is 6.82. The van der Waals surface area contributed by atoms with Crippen LogP contribution in [0.3, 0.4) is 0 Å². The van der Waals surface area contributed by atoms with Crippen LogP contribution in [0.2, 0.25) is 0 Å². The van der Waals surface area contributed by atoms with Gasteiger partial charge in [0.15, 0.2) is 0 Å². The molecule has 0 heterocycles. The first-order valence-electron chi connectivity index (χ1n) is 6.58. The molecule has 1 N–H and O–H groups in total. The second-order valence-corrected chi connectivity index (χ2v) is 5.47. The number of nitrogens with zero attached hydrogens (tertiary/aromatic N) is 1. The fourth-order valence-electron chi connectivity index (χ4n) is 2.80. The molecule has 0 unspecified atom stereocenters. The number of carbonyl (C=O) groups excluding carboxylic acids is 1. The minimum atomic E-state index is -2.56. The van der Waals surface area contributed by atoms with Crippen LogP contribution in [0.15, 0.2) is 0 Å². The van der Waals surface area contributed by atoms with Gasteiger partial charge in [0, 0.05) is 13.5 Å². The van der Waals surface area contributed by atoms with Gasteiger partial charge in [-0.05, 0) is 18.3 Å². The fraction of sp³-hybridized carbons (Fsp3) is 0.846. The normalized spacial score (nSPS) is 18.3. The number of carboxylic acid groups (broad SMARTS) is 1. The largest absolute Gasteiger partial charge is 0.481 e. The van der Waals surface area contributed by atoms with Gasteiger partial charge in [0.05, 0.1) is 13.0 Å². The summed E-state index contributed by atoms with van der Waals surface area (Å²) >= 11 is 0. The van der Waals surface area contributed by atoms with Crippen molar-refractivity contribution in [1.82, 2.24) is 4.90 Å². The lowest BCUT2D eigenvalue weighted by Crippen LogP contribution is -2.38. The quantitative estimate of drug-likeness (QED) is 0.811. The molecule has 110 valence electrons. The van der Waals surface area contributed by atoms with Crippen LogP contribution in [0.5, 0.6) is 0 Å². The van der Waals surface area contributed by atoms with E-state index >= 15 is 0 Å². The Hall–Kier alpha value is -1.20. The first-order chi connectivity index (χ1) is 8.84. The van der Waals surface area contributed by atoms with Gasteiger partial charge in [-0.25, -0.2) is 8.78 Å². The van der Waals surface area contributed by atoms with Crippen molar-refractivity contribution in [2.24, 2.45) is 5.41 Å². The average Bonchev–Trinajstić information content (AvgIpc) is 2.27. The molecule has 6 heteroatoms. The summed E-state index contributed by atoms with van der Waals surface area (Å²) in [6.07, 6.45) is 1.67. The summed E-state index contributed by atoms with van der Waals surface area (Å²) in [5.41, 5.74) is -0.544. The first kappa shape index (κ1) is 15.9. The maximum Gasteiger partial charge on any atom is 0.303 e. The van der Waals surface area contributed by atoms with Crippen molar-refractivity contribution < 1.29 is 23.5 Å². The molecular formula is C13H21F2NO3. The second-order valence-electron chi connectivity index (χ2n) is 5.47. The number of rotatable bonds is 6. The summed E-state index contributed by atoms with van der Waals surface area (Å²) in [6.45, 7) is -0.595. The van der Waals surface area contributed by atoms with E-state index in [1.807, 2.05) is 0 Å². The Morgan fingerprint density at radius 2 is 1.79 bits per heavy atom. The van der Waals surface area contributed by atoms with E-state index < -0.39 is 24.4 Å². The third-order valence-corrected chi connectivity index (χ3v) is 3.80. The number of hydrogen-bond acceptors (Lipinski definition) is 2. The summed E-state index contributed by atoms with van der Waals surface area (Å²) in [7, 11) is 1.34. The molecular weight excluding hydrogens is 256 g/mol. The molecule has 0 aromatic carbocycles. The van der Waals surface area contributed by atoms with E-state index in [1.54, 1.807) is 0 Å². The van der Waals surface area contributed by atoms with Crippen LogP contribution < -0.4 is 0 Å². The van der Waals surface area contributed by atoms with Gasteiger partial charge < -0.3 is 10.0 Å². The van der Waals surface area contributed by atoms with Gasteiger partial charge in [0.25, 0.3) is 6.43 Å². The summed E-state index contributed by atoms with van der Waals surface area (Å²) in [6, 6.07) is 0. The van der Waals surface area contributed by atoms with E-state index in [9.17, 15) is 18.4 Å². The molecule has 19 heavy (non-hydrogen) atoms. The van der Waals surface area contributed by atoms with Crippen LogP contribution in [0.4, 0.5) is 8.78 Å². The van der Waals surface area contributed by atoms with Gasteiger partial charge in [-0.1, -0.05) is 19.3 Å². The molecule has 0 spiro atoms. The van der Waals surface area contributed by atoms with Gasteiger partial charge in [-0.15, -0.1) is 0 Å². The van der Waals surface area contributed by atoms with E-state index in [-0.39, 0.29) is 18.7 Å². The maximum atomic E-state index is 12.2. The van der Waals surface area contributed by atoms with E-state index in [0.29, 0.717) is 12.8 Å². The van der Waals surface area contributed by atoms with Crippen molar-refractivity contribution in [2.45, 2.75) is 51.4 Å². The summed E-state index contributed by atoms with van der Waals surface area (Å²) in [5, 5.41) is 8.98. The Morgan fingerprint density at radius 1 is 1.21 bits per heavy atom. The maximum absolute atomic E-state index is 12.2.